The molecule has 0 aliphatic heterocycles. The van der Waals surface area contributed by atoms with E-state index in [0.717, 1.165) is 6.07 Å². The van der Waals surface area contributed by atoms with Crippen molar-refractivity contribution in [1.82, 2.24) is 0 Å². The third-order valence-electron chi connectivity index (χ3n) is 2.83. The van der Waals surface area contributed by atoms with Gasteiger partial charge in [0.25, 0.3) is 5.91 Å². The van der Waals surface area contributed by atoms with E-state index in [9.17, 15) is 22.8 Å². The maximum absolute atomic E-state index is 13.4. The normalized spacial score (nSPS) is 10.2. The van der Waals surface area contributed by atoms with Crippen molar-refractivity contribution in [3.05, 3.63) is 53.8 Å². The van der Waals surface area contributed by atoms with Crippen molar-refractivity contribution in [3.8, 4) is 5.75 Å². The van der Waals surface area contributed by atoms with Gasteiger partial charge in [0.2, 0.25) is 5.91 Å². The second-order valence-corrected chi connectivity index (χ2v) is 4.77. The second-order valence-electron chi connectivity index (χ2n) is 4.77. The lowest BCUT2D eigenvalue weighted by atomic mass is 10.2. The summed E-state index contributed by atoms with van der Waals surface area (Å²) >= 11 is 0. The molecule has 0 unspecified atom stereocenters. The summed E-state index contributed by atoms with van der Waals surface area (Å²) in [5.41, 5.74) is -0.0124. The molecule has 8 heteroatoms. The molecule has 2 aromatic carbocycles. The first kappa shape index (κ1) is 17.3. The van der Waals surface area contributed by atoms with Gasteiger partial charge in [0.05, 0.1) is 5.69 Å². The van der Waals surface area contributed by atoms with Crippen LogP contribution in [0.4, 0.5) is 24.5 Å². The number of anilines is 2. The number of amides is 2. The van der Waals surface area contributed by atoms with Gasteiger partial charge in [-0.1, -0.05) is 6.07 Å². The van der Waals surface area contributed by atoms with Gasteiger partial charge in [-0.05, 0) is 24.3 Å². The van der Waals surface area contributed by atoms with Crippen LogP contribution in [0.25, 0.3) is 0 Å². The Morgan fingerprint density at radius 3 is 2.50 bits per heavy atom. The Balaban J connectivity index is 1.96. The lowest BCUT2D eigenvalue weighted by Crippen LogP contribution is -2.21. The predicted octanol–water partition coefficient (Wildman–Crippen LogP) is 3.08. The molecule has 2 amide bonds. The molecule has 0 aliphatic carbocycles. The monoisotopic (exact) mass is 338 g/mol. The Labute approximate surface area is 135 Å². The summed E-state index contributed by atoms with van der Waals surface area (Å²) in [7, 11) is 0. The van der Waals surface area contributed by atoms with Crippen LogP contribution in [0.15, 0.2) is 36.4 Å². The largest absolute Gasteiger partial charge is 0.484 e. The Hall–Kier alpha value is -3.03. The molecule has 0 saturated heterocycles. The van der Waals surface area contributed by atoms with E-state index < -0.39 is 35.7 Å². The molecule has 2 rings (SSSR count). The SMILES string of the molecule is CC(=O)Nc1cccc(OCC(=O)Nc2ccc(F)c(F)c2F)c1. The number of hydrogen-bond donors (Lipinski definition) is 2. The highest BCUT2D eigenvalue weighted by atomic mass is 19.2. The molecule has 5 nitrogen and oxygen atoms in total. The fourth-order valence-corrected chi connectivity index (χ4v) is 1.82. The zero-order chi connectivity index (χ0) is 17.7. The van der Waals surface area contributed by atoms with Gasteiger partial charge < -0.3 is 15.4 Å². The van der Waals surface area contributed by atoms with E-state index in [0.29, 0.717) is 17.5 Å². The third kappa shape index (κ3) is 4.48. The summed E-state index contributed by atoms with van der Waals surface area (Å²) in [4.78, 5) is 22.7. The van der Waals surface area contributed by atoms with Gasteiger partial charge in [-0.25, -0.2) is 13.2 Å². The van der Waals surface area contributed by atoms with Crippen LogP contribution >= 0.6 is 0 Å². The van der Waals surface area contributed by atoms with E-state index in [4.69, 9.17) is 4.74 Å². The molecule has 0 aliphatic rings. The first-order chi connectivity index (χ1) is 11.4. The molecule has 0 aromatic heterocycles. The van der Waals surface area contributed by atoms with Crippen molar-refractivity contribution >= 4 is 23.2 Å². The summed E-state index contributed by atoms with van der Waals surface area (Å²) in [6.07, 6.45) is 0. The lowest BCUT2D eigenvalue weighted by molar-refractivity contribution is -0.118. The molecule has 0 saturated carbocycles. The lowest BCUT2D eigenvalue weighted by Gasteiger charge is -2.10. The highest BCUT2D eigenvalue weighted by Gasteiger charge is 2.15. The number of benzene rings is 2. The molecule has 0 heterocycles. The number of rotatable bonds is 5. The minimum Gasteiger partial charge on any atom is -0.484 e. The van der Waals surface area contributed by atoms with E-state index in [1.54, 1.807) is 18.2 Å². The van der Waals surface area contributed by atoms with Gasteiger partial charge in [-0.15, -0.1) is 0 Å². The van der Waals surface area contributed by atoms with E-state index in [1.165, 1.54) is 13.0 Å². The maximum atomic E-state index is 13.4. The molecule has 0 spiro atoms. The van der Waals surface area contributed by atoms with Crippen molar-refractivity contribution in [3.63, 3.8) is 0 Å². The predicted molar refractivity (Wildman–Crippen MR) is 81.2 cm³/mol. The molecule has 0 atom stereocenters. The minimum atomic E-state index is -1.67. The van der Waals surface area contributed by atoms with Crippen LogP contribution in [-0.2, 0) is 9.59 Å². The minimum absolute atomic E-state index is 0.265. The highest BCUT2D eigenvalue weighted by molar-refractivity contribution is 5.92. The van der Waals surface area contributed by atoms with Crippen molar-refractivity contribution in [2.24, 2.45) is 0 Å². The molecule has 24 heavy (non-hydrogen) atoms. The average Bonchev–Trinajstić information content (AvgIpc) is 2.53. The van der Waals surface area contributed by atoms with E-state index >= 15 is 0 Å². The molecular weight excluding hydrogens is 325 g/mol. The van der Waals surface area contributed by atoms with Gasteiger partial charge in [-0.3, -0.25) is 9.59 Å². The van der Waals surface area contributed by atoms with Crippen LogP contribution in [-0.4, -0.2) is 18.4 Å². The van der Waals surface area contributed by atoms with Crippen LogP contribution in [0.2, 0.25) is 0 Å². The summed E-state index contributed by atoms with van der Waals surface area (Å²) in [6, 6.07) is 7.89. The van der Waals surface area contributed by atoms with E-state index in [1.807, 2.05) is 0 Å². The smallest absolute Gasteiger partial charge is 0.262 e. The fraction of sp³-hybridized carbons (Fsp3) is 0.125. The summed E-state index contributed by atoms with van der Waals surface area (Å²) in [5, 5.41) is 4.63. The fourth-order valence-electron chi connectivity index (χ4n) is 1.82. The number of carbonyl (C=O) groups is 2. The topological polar surface area (TPSA) is 67.4 Å². The zero-order valence-electron chi connectivity index (χ0n) is 12.5. The molecule has 0 fully saturated rings. The summed E-state index contributed by atoms with van der Waals surface area (Å²) in [6.45, 7) is 0.860. The average molecular weight is 338 g/mol. The Bertz CT molecular complexity index is 781. The number of ether oxygens (including phenoxy) is 1. The Morgan fingerprint density at radius 2 is 1.79 bits per heavy atom. The molecule has 2 N–H and O–H groups in total. The summed E-state index contributed by atoms with van der Waals surface area (Å²) in [5.74, 6) is -5.24. The molecule has 2 aromatic rings. The number of halogens is 3. The van der Waals surface area contributed by atoms with Gasteiger partial charge in [-0.2, -0.15) is 0 Å². The highest BCUT2D eigenvalue weighted by Crippen LogP contribution is 2.20. The number of hydrogen-bond acceptors (Lipinski definition) is 3. The molecular formula is C16H13F3N2O3. The van der Waals surface area contributed by atoms with Crippen molar-refractivity contribution in [2.75, 3.05) is 17.2 Å². The number of carbonyl (C=O) groups excluding carboxylic acids is 2. The van der Waals surface area contributed by atoms with E-state index in [-0.39, 0.29) is 5.91 Å². The standard InChI is InChI=1S/C16H13F3N2O3/c1-9(22)20-10-3-2-4-11(7-10)24-8-14(23)21-13-6-5-12(17)15(18)16(13)19/h2-7H,8H2,1H3,(H,20,22)(H,21,23). The van der Waals surface area contributed by atoms with Crippen molar-refractivity contribution < 1.29 is 27.5 Å². The van der Waals surface area contributed by atoms with Gasteiger partial charge in [0, 0.05) is 18.7 Å². The van der Waals surface area contributed by atoms with Crippen LogP contribution < -0.4 is 15.4 Å². The molecule has 126 valence electrons. The van der Waals surface area contributed by atoms with Crippen molar-refractivity contribution in [2.45, 2.75) is 6.92 Å². The molecule has 0 bridgehead atoms. The Kier molecular flexibility index (Phi) is 5.41. The number of nitrogens with one attached hydrogen (secondary N) is 2. The van der Waals surface area contributed by atoms with Crippen LogP contribution in [0.3, 0.4) is 0 Å². The second kappa shape index (κ2) is 7.49. The summed E-state index contributed by atoms with van der Waals surface area (Å²) < 4.78 is 44.5. The van der Waals surface area contributed by atoms with Crippen LogP contribution in [0.1, 0.15) is 6.92 Å². The van der Waals surface area contributed by atoms with Crippen molar-refractivity contribution in [1.29, 1.82) is 0 Å². The van der Waals surface area contributed by atoms with Crippen LogP contribution in [0, 0.1) is 17.5 Å². The maximum Gasteiger partial charge on any atom is 0.262 e. The van der Waals surface area contributed by atoms with Gasteiger partial charge >= 0.3 is 0 Å². The third-order valence-corrected chi connectivity index (χ3v) is 2.83. The van der Waals surface area contributed by atoms with Gasteiger partial charge in [0.1, 0.15) is 5.75 Å². The first-order valence-electron chi connectivity index (χ1n) is 6.80. The Morgan fingerprint density at radius 1 is 1.04 bits per heavy atom. The molecule has 0 radical (unpaired) electrons. The van der Waals surface area contributed by atoms with E-state index in [2.05, 4.69) is 10.6 Å². The van der Waals surface area contributed by atoms with Crippen LogP contribution in [0.5, 0.6) is 5.75 Å². The first-order valence-corrected chi connectivity index (χ1v) is 6.80. The van der Waals surface area contributed by atoms with Gasteiger partial charge in [0.15, 0.2) is 24.1 Å². The zero-order valence-corrected chi connectivity index (χ0v) is 12.5. The quantitative estimate of drug-likeness (QED) is 0.824.